The minimum absolute atomic E-state index is 0.00516. The van der Waals surface area contributed by atoms with E-state index >= 15 is 0 Å². The van der Waals surface area contributed by atoms with Crippen LogP contribution in [0.1, 0.15) is 59.3 Å². The highest BCUT2D eigenvalue weighted by Crippen LogP contribution is 2.42. The van der Waals surface area contributed by atoms with Gasteiger partial charge in [-0.25, -0.2) is 12.8 Å². The average molecular weight is 764 g/mol. The number of fused-ring (bicyclic) bond motifs is 1. The molecule has 0 saturated carbocycles. The zero-order valence-corrected chi connectivity index (χ0v) is 28.7. The first-order valence-corrected chi connectivity index (χ1v) is 17.5. The molecule has 3 aromatic carbocycles. The van der Waals surface area contributed by atoms with Crippen LogP contribution in [0.25, 0.3) is 10.1 Å². The molecule has 1 saturated heterocycles. The van der Waals surface area contributed by atoms with Crippen molar-refractivity contribution in [3.05, 3.63) is 82.0 Å². The monoisotopic (exact) mass is 763 g/mol. The molecular formula is C33H32F7N3O6S2. The number of amides is 1. The van der Waals surface area contributed by atoms with E-state index in [9.17, 15) is 54.2 Å². The maximum Gasteiger partial charge on any atom is 0.419 e. The van der Waals surface area contributed by atoms with E-state index in [1.54, 1.807) is 13.8 Å². The van der Waals surface area contributed by atoms with Gasteiger partial charge in [0, 0.05) is 34.4 Å². The molecule has 2 heterocycles. The van der Waals surface area contributed by atoms with Crippen LogP contribution < -0.4 is 15.4 Å². The molecule has 51 heavy (non-hydrogen) atoms. The maximum atomic E-state index is 13.9. The van der Waals surface area contributed by atoms with Crippen molar-refractivity contribution in [2.45, 2.75) is 55.8 Å². The van der Waals surface area contributed by atoms with Gasteiger partial charge in [-0.1, -0.05) is 6.07 Å². The second kappa shape index (κ2) is 13.9. The summed E-state index contributed by atoms with van der Waals surface area (Å²) in [5.41, 5.74) is -4.55. The largest absolute Gasteiger partial charge is 0.496 e. The first-order valence-electron chi connectivity index (χ1n) is 15.3. The summed E-state index contributed by atoms with van der Waals surface area (Å²) in [6, 6.07) is 7.93. The van der Waals surface area contributed by atoms with E-state index in [0.717, 1.165) is 30.3 Å². The van der Waals surface area contributed by atoms with Crippen LogP contribution in [0.3, 0.4) is 0 Å². The topological polar surface area (TPSA) is 128 Å². The van der Waals surface area contributed by atoms with Gasteiger partial charge >= 0.3 is 12.4 Å². The van der Waals surface area contributed by atoms with Crippen LogP contribution in [0.15, 0.2) is 59.5 Å². The second-order valence-corrected chi connectivity index (χ2v) is 15.4. The molecule has 4 aromatic rings. The predicted molar refractivity (Wildman–Crippen MR) is 176 cm³/mol. The summed E-state index contributed by atoms with van der Waals surface area (Å²) < 4.78 is 128. The first-order chi connectivity index (χ1) is 23.6. The van der Waals surface area contributed by atoms with Crippen molar-refractivity contribution in [1.29, 1.82) is 0 Å². The van der Waals surface area contributed by atoms with Crippen LogP contribution in [-0.2, 0) is 22.4 Å². The number of piperidine rings is 1. The van der Waals surface area contributed by atoms with Gasteiger partial charge in [-0.3, -0.25) is 4.79 Å². The number of alkyl halides is 6. The summed E-state index contributed by atoms with van der Waals surface area (Å²) in [6.45, 7) is 3.55. The van der Waals surface area contributed by atoms with Gasteiger partial charge in [-0.15, -0.1) is 11.3 Å². The summed E-state index contributed by atoms with van der Waals surface area (Å²) in [6.07, 6.45) is -10.9. The number of carbonyl (C=O) groups is 1. The Bertz CT molecular complexity index is 2050. The number of nitrogens with zero attached hydrogens (tertiary/aromatic N) is 1. The van der Waals surface area contributed by atoms with Crippen molar-refractivity contribution < 1.29 is 58.9 Å². The van der Waals surface area contributed by atoms with E-state index in [4.69, 9.17) is 4.74 Å². The second-order valence-electron chi connectivity index (χ2n) is 12.4. The fourth-order valence-electron chi connectivity index (χ4n) is 5.84. The van der Waals surface area contributed by atoms with Crippen molar-refractivity contribution in [1.82, 2.24) is 4.31 Å². The van der Waals surface area contributed by atoms with Crippen LogP contribution in [-0.4, -0.2) is 54.6 Å². The number of aliphatic hydroxyl groups excluding tert-OH is 1. The molecule has 18 heteroatoms. The Kier molecular flexibility index (Phi) is 10.4. The number of aliphatic hydroxyl groups is 2. The number of nitrogens with one attached hydrogen (secondary N) is 2. The zero-order valence-electron chi connectivity index (χ0n) is 27.1. The number of hydrogen-bond donors (Lipinski definition) is 4. The van der Waals surface area contributed by atoms with E-state index < -0.39 is 62.7 Å². The number of rotatable bonds is 9. The molecule has 1 aliphatic rings. The molecule has 1 amide bonds. The van der Waals surface area contributed by atoms with E-state index in [-0.39, 0.29) is 55.9 Å². The number of sulfonamides is 1. The molecule has 9 nitrogen and oxygen atoms in total. The van der Waals surface area contributed by atoms with Crippen LogP contribution in [0.4, 0.5) is 42.1 Å². The van der Waals surface area contributed by atoms with Crippen LogP contribution in [0.2, 0.25) is 0 Å². The van der Waals surface area contributed by atoms with Gasteiger partial charge in [0.2, 0.25) is 10.0 Å². The standard InChI is InChI=1S/C33H32F7N3O6S2/c1-31(2,46)17-10-12-43(13-11-17)51(47,48)20-6-9-25(49-3)22(16-20)29(44)42-27-21-7-4-18(32(35,36)37)14-26(21)50-28(27)30(45)41-19-5-8-24(34)23(15-19)33(38,39)40/h4-9,14-17,29,42,44,46H,10-13H2,1-3H3,(H,41,45). The molecule has 1 fully saturated rings. The highest BCUT2D eigenvalue weighted by atomic mass is 32.2. The number of ether oxygens (including phenoxy) is 1. The fourth-order valence-corrected chi connectivity index (χ4v) is 8.44. The van der Waals surface area contributed by atoms with Crippen molar-refractivity contribution in [3.8, 4) is 5.75 Å². The molecule has 0 aliphatic carbocycles. The van der Waals surface area contributed by atoms with Crippen molar-refractivity contribution in [3.63, 3.8) is 0 Å². The van der Waals surface area contributed by atoms with Gasteiger partial charge in [0.15, 0.2) is 6.23 Å². The molecular weight excluding hydrogens is 731 g/mol. The molecule has 0 bridgehead atoms. The van der Waals surface area contributed by atoms with E-state index in [1.165, 1.54) is 23.5 Å². The molecule has 1 unspecified atom stereocenters. The lowest BCUT2D eigenvalue weighted by atomic mass is 9.84. The lowest BCUT2D eigenvalue weighted by Crippen LogP contribution is -2.44. The van der Waals surface area contributed by atoms with Gasteiger partial charge in [-0.05, 0) is 81.1 Å². The maximum absolute atomic E-state index is 13.9. The highest BCUT2D eigenvalue weighted by Gasteiger charge is 2.37. The third-order valence-corrected chi connectivity index (χ3v) is 11.7. The Morgan fingerprint density at radius 1 is 0.980 bits per heavy atom. The third-order valence-electron chi connectivity index (χ3n) is 8.62. The predicted octanol–water partition coefficient (Wildman–Crippen LogP) is 7.61. The van der Waals surface area contributed by atoms with Crippen molar-refractivity contribution in [2.75, 3.05) is 30.8 Å². The number of hydrogen-bond acceptors (Lipinski definition) is 8. The number of halogens is 7. The van der Waals surface area contributed by atoms with Crippen LogP contribution >= 0.6 is 11.3 Å². The zero-order chi connectivity index (χ0) is 37.7. The number of thiophene rings is 1. The fraction of sp³-hybridized carbons (Fsp3) is 0.364. The number of anilines is 2. The normalized spacial score (nSPS) is 15.9. The van der Waals surface area contributed by atoms with Gasteiger partial charge in [0.1, 0.15) is 16.4 Å². The Morgan fingerprint density at radius 3 is 2.24 bits per heavy atom. The Labute approximate surface area is 291 Å². The molecule has 276 valence electrons. The highest BCUT2D eigenvalue weighted by molar-refractivity contribution is 7.89. The van der Waals surface area contributed by atoms with Gasteiger partial charge in [0.25, 0.3) is 5.91 Å². The number of carbonyl (C=O) groups excluding carboxylic acids is 1. The SMILES string of the molecule is COc1ccc(S(=O)(=O)N2CCC(C(C)(C)O)CC2)cc1C(O)Nc1c(C(=O)Nc2ccc(F)c(C(F)(F)F)c2)sc2cc(C(F)(F)F)ccc12. The lowest BCUT2D eigenvalue weighted by molar-refractivity contribution is -0.140. The molecule has 0 spiro atoms. The Hall–Kier alpha value is -3.97. The molecule has 1 aliphatic heterocycles. The third kappa shape index (κ3) is 8.09. The van der Waals surface area contributed by atoms with Crippen LogP contribution in [0.5, 0.6) is 5.75 Å². The van der Waals surface area contributed by atoms with Gasteiger partial charge in [0.05, 0.1) is 34.4 Å². The summed E-state index contributed by atoms with van der Waals surface area (Å²) in [5, 5.41) is 26.6. The summed E-state index contributed by atoms with van der Waals surface area (Å²) in [7, 11) is -2.87. The molecule has 4 N–H and O–H groups in total. The first kappa shape index (κ1) is 38.3. The quantitative estimate of drug-likeness (QED) is 0.102. The molecule has 5 rings (SSSR count). The van der Waals surface area contributed by atoms with Crippen LogP contribution in [0, 0.1) is 11.7 Å². The molecule has 1 aromatic heterocycles. The average Bonchev–Trinajstić information content (AvgIpc) is 3.41. The van der Waals surface area contributed by atoms with E-state index in [0.29, 0.717) is 36.3 Å². The number of benzene rings is 3. The summed E-state index contributed by atoms with van der Waals surface area (Å²) in [4.78, 5) is 12.9. The Morgan fingerprint density at radius 2 is 1.65 bits per heavy atom. The van der Waals surface area contributed by atoms with E-state index in [1.807, 2.05) is 0 Å². The van der Waals surface area contributed by atoms with Gasteiger partial charge < -0.3 is 25.6 Å². The number of methoxy groups -OCH3 is 1. The smallest absolute Gasteiger partial charge is 0.419 e. The minimum Gasteiger partial charge on any atom is -0.496 e. The van der Waals surface area contributed by atoms with E-state index in [2.05, 4.69) is 10.6 Å². The summed E-state index contributed by atoms with van der Waals surface area (Å²) >= 11 is 0.536. The van der Waals surface area contributed by atoms with Crippen molar-refractivity contribution in [2.24, 2.45) is 5.92 Å². The molecule has 1 atom stereocenters. The minimum atomic E-state index is -5.10. The Balaban J connectivity index is 1.51. The van der Waals surface area contributed by atoms with Crippen molar-refractivity contribution >= 4 is 48.7 Å². The lowest BCUT2D eigenvalue weighted by Gasteiger charge is -2.37. The van der Waals surface area contributed by atoms with Gasteiger partial charge in [-0.2, -0.15) is 30.6 Å². The molecule has 0 radical (unpaired) electrons. The summed E-state index contributed by atoms with van der Waals surface area (Å²) in [5.74, 6) is -2.82.